The first-order valence-electron chi connectivity index (χ1n) is 6.57. The van der Waals surface area contributed by atoms with Crippen molar-refractivity contribution in [3.63, 3.8) is 0 Å². The molecule has 0 spiro atoms. The van der Waals surface area contributed by atoms with Crippen LogP contribution in [0, 0.1) is 0 Å². The Labute approximate surface area is 114 Å². The number of hydrogen-bond donors (Lipinski definition) is 2. The first kappa shape index (κ1) is 14.1. The molecule has 0 aliphatic carbocycles. The van der Waals surface area contributed by atoms with Crippen LogP contribution in [0.4, 0.5) is 0 Å². The molecule has 2 rings (SSSR count). The second kappa shape index (κ2) is 6.75. The van der Waals surface area contributed by atoms with Gasteiger partial charge in [0.2, 0.25) is 0 Å². The third kappa shape index (κ3) is 3.18. The number of nitrogens with zero attached hydrogens (tertiary/aromatic N) is 1. The lowest BCUT2D eigenvalue weighted by molar-refractivity contribution is 0.110. The molecule has 5 heteroatoms. The molecule has 106 valence electrons. The Hall–Kier alpha value is -1.30. The molecule has 1 atom stereocenters. The van der Waals surface area contributed by atoms with E-state index in [2.05, 4.69) is 10.2 Å². The van der Waals surface area contributed by atoms with Crippen molar-refractivity contribution in [3.05, 3.63) is 23.8 Å². The van der Waals surface area contributed by atoms with Crippen LogP contribution < -0.4 is 14.8 Å². The number of ether oxygens (including phenoxy) is 2. The predicted octanol–water partition coefficient (Wildman–Crippen LogP) is 0.642. The molecule has 1 saturated heterocycles. The first-order chi connectivity index (χ1) is 9.30. The molecular formula is C14H22N2O3. The normalized spacial score (nSPS) is 18.1. The van der Waals surface area contributed by atoms with Gasteiger partial charge in [0.25, 0.3) is 0 Å². The monoisotopic (exact) mass is 266 g/mol. The van der Waals surface area contributed by atoms with Gasteiger partial charge in [-0.15, -0.1) is 0 Å². The molecule has 1 heterocycles. The van der Waals surface area contributed by atoms with Crippen molar-refractivity contribution >= 4 is 0 Å². The largest absolute Gasteiger partial charge is 0.493 e. The number of rotatable bonds is 5. The van der Waals surface area contributed by atoms with Crippen LogP contribution in [0.25, 0.3) is 0 Å². The minimum atomic E-state index is 0.0157. The van der Waals surface area contributed by atoms with Gasteiger partial charge in [-0.05, 0) is 17.7 Å². The lowest BCUT2D eigenvalue weighted by Gasteiger charge is -2.34. The number of aliphatic hydroxyl groups excluding tert-OH is 1. The fraction of sp³-hybridized carbons (Fsp3) is 0.571. The second-order valence-corrected chi connectivity index (χ2v) is 4.60. The summed E-state index contributed by atoms with van der Waals surface area (Å²) in [5.41, 5.74) is 1.06. The van der Waals surface area contributed by atoms with E-state index in [1.54, 1.807) is 14.2 Å². The zero-order valence-corrected chi connectivity index (χ0v) is 11.6. The molecule has 1 aromatic rings. The number of piperazine rings is 1. The highest BCUT2D eigenvalue weighted by Gasteiger charge is 2.22. The van der Waals surface area contributed by atoms with Crippen LogP contribution in [0.1, 0.15) is 11.6 Å². The van der Waals surface area contributed by atoms with Gasteiger partial charge in [0.05, 0.1) is 26.9 Å². The maximum absolute atomic E-state index is 9.69. The zero-order chi connectivity index (χ0) is 13.7. The molecule has 1 aliphatic heterocycles. The Morgan fingerprint density at radius 1 is 1.21 bits per heavy atom. The van der Waals surface area contributed by atoms with E-state index < -0.39 is 0 Å². The van der Waals surface area contributed by atoms with Gasteiger partial charge in [0, 0.05) is 26.2 Å². The van der Waals surface area contributed by atoms with Gasteiger partial charge in [-0.25, -0.2) is 0 Å². The number of benzene rings is 1. The Bertz CT molecular complexity index is 406. The first-order valence-corrected chi connectivity index (χ1v) is 6.57. The van der Waals surface area contributed by atoms with Crippen LogP contribution in [-0.4, -0.2) is 57.0 Å². The lowest BCUT2D eigenvalue weighted by atomic mass is 10.0. The van der Waals surface area contributed by atoms with E-state index in [0.717, 1.165) is 31.7 Å². The Balaban J connectivity index is 2.22. The van der Waals surface area contributed by atoms with Gasteiger partial charge in [-0.1, -0.05) is 6.07 Å². The number of nitrogens with one attached hydrogen (secondary N) is 1. The van der Waals surface area contributed by atoms with E-state index in [-0.39, 0.29) is 12.6 Å². The Morgan fingerprint density at radius 3 is 2.47 bits per heavy atom. The summed E-state index contributed by atoms with van der Waals surface area (Å²) in [6.45, 7) is 3.92. The van der Waals surface area contributed by atoms with Gasteiger partial charge in [-0.2, -0.15) is 0 Å². The molecule has 1 aliphatic rings. The summed E-state index contributed by atoms with van der Waals surface area (Å²) in [5.74, 6) is 1.41. The molecule has 0 saturated carbocycles. The molecule has 0 bridgehead atoms. The highest BCUT2D eigenvalue weighted by molar-refractivity contribution is 5.43. The van der Waals surface area contributed by atoms with E-state index in [1.807, 2.05) is 18.2 Å². The number of methoxy groups -OCH3 is 2. The average molecular weight is 266 g/mol. The van der Waals surface area contributed by atoms with Crippen LogP contribution in [-0.2, 0) is 0 Å². The van der Waals surface area contributed by atoms with Crippen molar-refractivity contribution in [2.45, 2.75) is 6.04 Å². The minimum Gasteiger partial charge on any atom is -0.493 e. The van der Waals surface area contributed by atoms with E-state index in [0.29, 0.717) is 11.5 Å². The Morgan fingerprint density at radius 2 is 1.89 bits per heavy atom. The predicted molar refractivity (Wildman–Crippen MR) is 73.8 cm³/mol. The van der Waals surface area contributed by atoms with Gasteiger partial charge in [-0.3, -0.25) is 4.90 Å². The van der Waals surface area contributed by atoms with Crippen molar-refractivity contribution in [3.8, 4) is 11.5 Å². The zero-order valence-electron chi connectivity index (χ0n) is 11.6. The quantitative estimate of drug-likeness (QED) is 0.819. The maximum Gasteiger partial charge on any atom is 0.161 e. The van der Waals surface area contributed by atoms with E-state index >= 15 is 0 Å². The van der Waals surface area contributed by atoms with Crippen molar-refractivity contribution in [2.24, 2.45) is 0 Å². The molecule has 1 fully saturated rings. The summed E-state index contributed by atoms with van der Waals surface area (Å²) in [5, 5.41) is 13.0. The van der Waals surface area contributed by atoms with E-state index in [9.17, 15) is 5.11 Å². The van der Waals surface area contributed by atoms with Crippen LogP contribution in [0.5, 0.6) is 11.5 Å². The summed E-state index contributed by atoms with van der Waals surface area (Å²) in [6.07, 6.45) is 0. The third-order valence-electron chi connectivity index (χ3n) is 3.56. The number of hydrogen-bond acceptors (Lipinski definition) is 5. The van der Waals surface area contributed by atoms with Crippen molar-refractivity contribution < 1.29 is 14.6 Å². The van der Waals surface area contributed by atoms with E-state index in [4.69, 9.17) is 9.47 Å². The van der Waals surface area contributed by atoms with Crippen LogP contribution >= 0.6 is 0 Å². The molecule has 0 aromatic heterocycles. The summed E-state index contributed by atoms with van der Waals surface area (Å²) >= 11 is 0. The summed E-state index contributed by atoms with van der Waals surface area (Å²) in [4.78, 5) is 2.29. The second-order valence-electron chi connectivity index (χ2n) is 4.60. The SMILES string of the molecule is COc1ccc([C@H](CO)N2CCNCC2)cc1OC. The van der Waals surface area contributed by atoms with Crippen LogP contribution in [0.3, 0.4) is 0 Å². The van der Waals surface area contributed by atoms with Crippen LogP contribution in [0.2, 0.25) is 0 Å². The standard InChI is InChI=1S/C14H22N2O3/c1-18-13-4-3-11(9-14(13)19-2)12(10-17)16-7-5-15-6-8-16/h3-4,9,12,15,17H,5-8,10H2,1-2H3/t12-/m0/s1. The molecule has 2 N–H and O–H groups in total. The fourth-order valence-corrected chi connectivity index (χ4v) is 2.49. The smallest absolute Gasteiger partial charge is 0.161 e. The van der Waals surface area contributed by atoms with Crippen molar-refractivity contribution in [1.82, 2.24) is 10.2 Å². The number of aliphatic hydroxyl groups is 1. The molecular weight excluding hydrogens is 244 g/mol. The van der Waals surface area contributed by atoms with Gasteiger partial charge >= 0.3 is 0 Å². The third-order valence-corrected chi connectivity index (χ3v) is 3.56. The molecule has 5 nitrogen and oxygen atoms in total. The van der Waals surface area contributed by atoms with Gasteiger partial charge in [0.1, 0.15) is 0 Å². The molecule has 0 radical (unpaired) electrons. The average Bonchev–Trinajstić information content (AvgIpc) is 2.49. The molecule has 0 unspecified atom stereocenters. The maximum atomic E-state index is 9.69. The lowest BCUT2D eigenvalue weighted by Crippen LogP contribution is -2.46. The topological polar surface area (TPSA) is 54.0 Å². The summed E-state index contributed by atoms with van der Waals surface area (Å²) in [7, 11) is 3.25. The van der Waals surface area contributed by atoms with Gasteiger partial charge < -0.3 is 19.9 Å². The highest BCUT2D eigenvalue weighted by atomic mass is 16.5. The van der Waals surface area contributed by atoms with Crippen molar-refractivity contribution in [2.75, 3.05) is 47.0 Å². The molecule has 19 heavy (non-hydrogen) atoms. The van der Waals surface area contributed by atoms with Crippen molar-refractivity contribution in [1.29, 1.82) is 0 Å². The fourth-order valence-electron chi connectivity index (χ4n) is 2.49. The van der Waals surface area contributed by atoms with Crippen LogP contribution in [0.15, 0.2) is 18.2 Å². The summed E-state index contributed by atoms with van der Waals surface area (Å²) in [6, 6.07) is 5.84. The minimum absolute atomic E-state index is 0.0157. The Kier molecular flexibility index (Phi) is 5.01. The highest BCUT2D eigenvalue weighted by Crippen LogP contribution is 2.31. The molecule has 1 aromatic carbocycles. The van der Waals surface area contributed by atoms with E-state index in [1.165, 1.54) is 0 Å². The molecule has 0 amide bonds. The summed E-state index contributed by atoms with van der Waals surface area (Å²) < 4.78 is 10.6. The van der Waals surface area contributed by atoms with Gasteiger partial charge in [0.15, 0.2) is 11.5 Å².